The Morgan fingerprint density at radius 2 is 2.14 bits per heavy atom. The van der Waals surface area contributed by atoms with E-state index in [1.165, 1.54) is 0 Å². The Morgan fingerprint density at radius 3 is 2.91 bits per heavy atom. The van der Waals surface area contributed by atoms with Crippen LogP contribution in [0.4, 0.5) is 4.79 Å². The minimum absolute atomic E-state index is 0.0403. The van der Waals surface area contributed by atoms with Gasteiger partial charge in [-0.05, 0) is 31.2 Å². The predicted molar refractivity (Wildman–Crippen MR) is 85.5 cm³/mol. The number of piperidine rings is 1. The van der Waals surface area contributed by atoms with Crippen LogP contribution in [0.1, 0.15) is 31.2 Å². The molecule has 0 radical (unpaired) electrons. The van der Waals surface area contributed by atoms with Crippen LogP contribution in [-0.2, 0) is 11.3 Å². The van der Waals surface area contributed by atoms with E-state index in [1.54, 1.807) is 0 Å². The Hall–Kier alpha value is -1.59. The number of carbonyl (C=O) groups is 1. The first-order chi connectivity index (χ1) is 10.8. The molecule has 1 unspecified atom stereocenters. The number of benzene rings is 1. The van der Waals surface area contributed by atoms with Gasteiger partial charge in [-0.2, -0.15) is 0 Å². The fraction of sp³-hybridized carbons (Fsp3) is 0.588. The zero-order valence-corrected chi connectivity index (χ0v) is 13.0. The van der Waals surface area contributed by atoms with Crippen molar-refractivity contribution in [2.75, 3.05) is 26.3 Å². The molecule has 1 fully saturated rings. The second-order valence-electron chi connectivity index (χ2n) is 5.63. The van der Waals surface area contributed by atoms with Crippen molar-refractivity contribution in [2.24, 2.45) is 0 Å². The molecule has 1 heterocycles. The molecule has 0 aromatic heterocycles. The summed E-state index contributed by atoms with van der Waals surface area (Å²) in [5, 5.41) is 12.0. The summed E-state index contributed by atoms with van der Waals surface area (Å²) >= 11 is 0. The molecule has 2 rings (SSSR count). The van der Waals surface area contributed by atoms with E-state index in [0.717, 1.165) is 31.4 Å². The number of aliphatic hydroxyl groups is 1. The Labute approximate surface area is 132 Å². The predicted octanol–water partition coefficient (Wildman–Crippen LogP) is 2.15. The second-order valence-corrected chi connectivity index (χ2v) is 5.63. The molecule has 1 aliphatic heterocycles. The van der Waals surface area contributed by atoms with Gasteiger partial charge in [0.1, 0.15) is 0 Å². The van der Waals surface area contributed by atoms with Crippen molar-refractivity contribution in [1.82, 2.24) is 10.2 Å². The van der Waals surface area contributed by atoms with Crippen LogP contribution in [0.15, 0.2) is 30.3 Å². The number of urea groups is 1. The summed E-state index contributed by atoms with van der Waals surface area (Å²) in [6.07, 6.45) is 3.82. The topological polar surface area (TPSA) is 61.8 Å². The molecule has 0 bridgehead atoms. The molecule has 122 valence electrons. The van der Waals surface area contributed by atoms with Crippen LogP contribution in [0, 0.1) is 0 Å². The lowest BCUT2D eigenvalue weighted by Crippen LogP contribution is -2.49. The molecular weight excluding hydrogens is 280 g/mol. The van der Waals surface area contributed by atoms with E-state index in [2.05, 4.69) is 5.32 Å². The zero-order chi connectivity index (χ0) is 15.6. The molecule has 1 aromatic carbocycles. The number of ether oxygens (including phenoxy) is 1. The Bertz CT molecular complexity index is 437. The third kappa shape index (κ3) is 5.31. The lowest BCUT2D eigenvalue weighted by Gasteiger charge is -2.35. The van der Waals surface area contributed by atoms with Gasteiger partial charge < -0.3 is 20.1 Å². The highest BCUT2D eigenvalue weighted by molar-refractivity contribution is 5.74. The van der Waals surface area contributed by atoms with Gasteiger partial charge in [-0.3, -0.25) is 0 Å². The quantitative estimate of drug-likeness (QED) is 0.759. The van der Waals surface area contributed by atoms with Gasteiger partial charge in [0.2, 0.25) is 0 Å². The third-order valence-electron chi connectivity index (χ3n) is 3.98. The molecule has 22 heavy (non-hydrogen) atoms. The van der Waals surface area contributed by atoms with E-state index in [4.69, 9.17) is 9.84 Å². The second kappa shape index (κ2) is 9.43. The molecule has 5 nitrogen and oxygen atoms in total. The lowest BCUT2D eigenvalue weighted by molar-refractivity contribution is 0.112. The van der Waals surface area contributed by atoms with Gasteiger partial charge in [-0.1, -0.05) is 30.3 Å². The fourth-order valence-electron chi connectivity index (χ4n) is 2.81. The van der Waals surface area contributed by atoms with Crippen molar-refractivity contribution in [2.45, 2.75) is 38.3 Å². The van der Waals surface area contributed by atoms with Crippen molar-refractivity contribution >= 4 is 6.03 Å². The smallest absolute Gasteiger partial charge is 0.317 e. The molecule has 0 saturated carbocycles. The Kier molecular flexibility index (Phi) is 7.19. The summed E-state index contributed by atoms with van der Waals surface area (Å²) in [4.78, 5) is 14.1. The highest BCUT2D eigenvalue weighted by Crippen LogP contribution is 2.19. The van der Waals surface area contributed by atoms with E-state index in [0.29, 0.717) is 26.2 Å². The Balaban J connectivity index is 1.64. The number of nitrogens with one attached hydrogen (secondary N) is 1. The average Bonchev–Trinajstić information content (AvgIpc) is 2.56. The van der Waals surface area contributed by atoms with Gasteiger partial charge in [0.25, 0.3) is 0 Å². The third-order valence-corrected chi connectivity index (χ3v) is 3.98. The molecule has 2 amide bonds. The molecule has 1 saturated heterocycles. The van der Waals surface area contributed by atoms with E-state index < -0.39 is 0 Å². The van der Waals surface area contributed by atoms with Crippen molar-refractivity contribution in [3.05, 3.63) is 35.9 Å². The summed E-state index contributed by atoms with van der Waals surface area (Å²) in [7, 11) is 0. The van der Waals surface area contributed by atoms with Crippen molar-refractivity contribution in [3.63, 3.8) is 0 Å². The highest BCUT2D eigenvalue weighted by Gasteiger charge is 2.25. The first-order valence-corrected chi connectivity index (χ1v) is 8.08. The van der Waals surface area contributed by atoms with Crippen molar-refractivity contribution in [1.29, 1.82) is 0 Å². The maximum absolute atomic E-state index is 12.2. The molecule has 2 N–H and O–H groups in total. The van der Waals surface area contributed by atoms with Crippen molar-refractivity contribution in [3.8, 4) is 0 Å². The fourth-order valence-corrected chi connectivity index (χ4v) is 2.81. The molecular formula is C17H26N2O3. The number of hydrogen-bond donors (Lipinski definition) is 2. The summed E-state index contributed by atoms with van der Waals surface area (Å²) in [5.74, 6) is 0. The average molecular weight is 306 g/mol. The normalized spacial score (nSPS) is 18.2. The van der Waals surface area contributed by atoms with E-state index >= 15 is 0 Å². The minimum atomic E-state index is -0.0403. The van der Waals surface area contributed by atoms with Crippen LogP contribution >= 0.6 is 0 Å². The van der Waals surface area contributed by atoms with Gasteiger partial charge in [0, 0.05) is 25.7 Å². The molecule has 1 aromatic rings. The SMILES string of the molecule is O=C(NCCOCc1ccccc1)N1CCCCC1CCO. The van der Waals surface area contributed by atoms with E-state index in [1.807, 2.05) is 35.2 Å². The molecule has 1 atom stereocenters. The first kappa shape index (κ1) is 16.8. The van der Waals surface area contributed by atoms with E-state index in [-0.39, 0.29) is 18.7 Å². The van der Waals surface area contributed by atoms with E-state index in [9.17, 15) is 4.79 Å². The summed E-state index contributed by atoms with van der Waals surface area (Å²) in [6, 6.07) is 10.1. The largest absolute Gasteiger partial charge is 0.396 e. The van der Waals surface area contributed by atoms with Crippen LogP contribution in [0.3, 0.4) is 0 Å². The number of amides is 2. The molecule has 0 aliphatic carbocycles. The minimum Gasteiger partial charge on any atom is -0.396 e. The number of likely N-dealkylation sites (tertiary alicyclic amines) is 1. The van der Waals surface area contributed by atoms with Crippen LogP contribution in [-0.4, -0.2) is 48.4 Å². The van der Waals surface area contributed by atoms with Gasteiger partial charge in [0.05, 0.1) is 13.2 Å². The lowest BCUT2D eigenvalue weighted by atomic mass is 10.0. The molecule has 1 aliphatic rings. The van der Waals surface area contributed by atoms with Gasteiger partial charge in [-0.15, -0.1) is 0 Å². The van der Waals surface area contributed by atoms with Gasteiger partial charge in [0.15, 0.2) is 0 Å². The van der Waals surface area contributed by atoms with Gasteiger partial charge >= 0.3 is 6.03 Å². The summed E-state index contributed by atoms with van der Waals surface area (Å²) < 4.78 is 5.56. The summed E-state index contributed by atoms with van der Waals surface area (Å²) in [6.45, 7) is 2.48. The van der Waals surface area contributed by atoms with Crippen LogP contribution < -0.4 is 5.32 Å². The zero-order valence-electron chi connectivity index (χ0n) is 13.0. The van der Waals surface area contributed by atoms with Crippen molar-refractivity contribution < 1.29 is 14.6 Å². The number of nitrogens with zero attached hydrogens (tertiary/aromatic N) is 1. The first-order valence-electron chi connectivity index (χ1n) is 8.08. The van der Waals surface area contributed by atoms with Crippen LogP contribution in [0.25, 0.3) is 0 Å². The number of rotatable bonds is 7. The standard InChI is InChI=1S/C17H26N2O3/c20-12-9-16-8-4-5-11-19(16)17(21)18-10-13-22-14-15-6-2-1-3-7-15/h1-3,6-7,16,20H,4-5,8-14H2,(H,18,21). The number of aliphatic hydroxyl groups excluding tert-OH is 1. The monoisotopic (exact) mass is 306 g/mol. The molecule has 0 spiro atoms. The molecule has 5 heteroatoms. The number of carbonyl (C=O) groups excluding carboxylic acids is 1. The van der Waals surface area contributed by atoms with Crippen LogP contribution in [0.5, 0.6) is 0 Å². The van der Waals surface area contributed by atoms with Gasteiger partial charge in [-0.25, -0.2) is 4.79 Å². The van der Waals surface area contributed by atoms with Crippen LogP contribution in [0.2, 0.25) is 0 Å². The maximum atomic E-state index is 12.2. The Morgan fingerprint density at radius 1 is 1.32 bits per heavy atom. The highest BCUT2D eigenvalue weighted by atomic mass is 16.5. The maximum Gasteiger partial charge on any atom is 0.317 e. The summed E-state index contributed by atoms with van der Waals surface area (Å²) in [5.41, 5.74) is 1.13. The number of hydrogen-bond acceptors (Lipinski definition) is 3.